The predicted octanol–water partition coefficient (Wildman–Crippen LogP) is 9.29. The van der Waals surface area contributed by atoms with Crippen molar-refractivity contribution in [2.24, 2.45) is 0 Å². The van der Waals surface area contributed by atoms with Crippen molar-refractivity contribution >= 4 is 41.7 Å². The molecule has 0 aliphatic carbocycles. The molecule has 4 fully saturated rings. The third kappa shape index (κ3) is 6.16. The van der Waals surface area contributed by atoms with E-state index in [4.69, 9.17) is 24.4 Å². The monoisotopic (exact) mass is 838 g/mol. The molecule has 0 saturated carbocycles. The maximum absolute atomic E-state index is 17.8. The maximum Gasteiger partial charge on any atom is 0.407 e. The molecule has 7 heterocycles. The maximum atomic E-state index is 17.8. The van der Waals surface area contributed by atoms with Gasteiger partial charge in [-0.2, -0.15) is 9.97 Å². The molecule has 0 radical (unpaired) electrons. The molecule has 60 heavy (non-hydrogen) atoms. The number of anilines is 1. The van der Waals surface area contributed by atoms with E-state index in [9.17, 15) is 14.3 Å². The SMILES string of the molecule is C=C1CN2C[C@H](F)CC2(COc2nc3c4c(nc(-c5cccc6ccc(F)c(C#C[Si](C(C)C)(C(C)C)C(C)C)c56)c(F)c4n2)OC(C)C2C4CCC(CN32)N4C(=O)O)C1. The average Bonchev–Trinajstić information content (AvgIpc) is 3.75. The van der Waals surface area contributed by atoms with E-state index in [0.717, 1.165) is 5.57 Å². The van der Waals surface area contributed by atoms with Gasteiger partial charge in [-0.05, 0) is 54.3 Å². The fourth-order valence-electron chi connectivity index (χ4n) is 11.9. The molecule has 5 aliphatic rings. The van der Waals surface area contributed by atoms with Crippen molar-refractivity contribution in [1.29, 1.82) is 0 Å². The molecule has 316 valence electrons. The molecule has 1 N–H and O–H groups in total. The number of benzene rings is 2. The van der Waals surface area contributed by atoms with E-state index in [1.807, 2.05) is 17.9 Å². The first-order valence-corrected chi connectivity index (χ1v) is 23.6. The lowest BCUT2D eigenvalue weighted by Crippen LogP contribution is -2.64. The second-order valence-electron chi connectivity index (χ2n) is 18.7. The third-order valence-electron chi connectivity index (χ3n) is 14.4. The Bertz CT molecular complexity index is 2490. The van der Waals surface area contributed by atoms with Crippen LogP contribution in [0.1, 0.15) is 79.7 Å². The number of rotatable bonds is 7. The number of halogens is 3. The highest BCUT2D eigenvalue weighted by Crippen LogP contribution is 2.48. The molecule has 2 aromatic carbocycles. The molecule has 0 spiro atoms. The Balaban J connectivity index is 1.25. The topological polar surface area (TPSA) is 104 Å². The summed E-state index contributed by atoms with van der Waals surface area (Å²) in [6.45, 7) is 20.5. The van der Waals surface area contributed by atoms with E-state index in [0.29, 0.717) is 71.1 Å². The van der Waals surface area contributed by atoms with E-state index in [-0.39, 0.29) is 59.7 Å². The first-order valence-electron chi connectivity index (χ1n) is 21.3. The van der Waals surface area contributed by atoms with Crippen LogP contribution < -0.4 is 14.4 Å². The highest BCUT2D eigenvalue weighted by molar-refractivity contribution is 6.90. The number of nitrogens with zero attached hydrogens (tertiary/aromatic N) is 6. The summed E-state index contributed by atoms with van der Waals surface area (Å²) in [7, 11) is -2.31. The first kappa shape index (κ1) is 40.5. The van der Waals surface area contributed by atoms with Crippen LogP contribution in [0.15, 0.2) is 42.5 Å². The molecular weight excluding hydrogens is 786 g/mol. The first-order chi connectivity index (χ1) is 28.5. The number of hydrogen-bond donors (Lipinski definition) is 1. The Morgan fingerprint density at radius 2 is 1.80 bits per heavy atom. The van der Waals surface area contributed by atoms with Crippen molar-refractivity contribution in [2.75, 3.05) is 31.1 Å². The van der Waals surface area contributed by atoms with E-state index in [1.54, 1.807) is 18.2 Å². The summed E-state index contributed by atoms with van der Waals surface area (Å²) in [5.74, 6) is 2.47. The zero-order valence-electron chi connectivity index (χ0n) is 35.4. The highest BCUT2D eigenvalue weighted by atomic mass is 28.3. The van der Waals surface area contributed by atoms with Crippen molar-refractivity contribution in [1.82, 2.24) is 24.8 Å². The number of ether oxygens (including phenoxy) is 2. The van der Waals surface area contributed by atoms with Gasteiger partial charge in [0.25, 0.3) is 0 Å². The summed E-state index contributed by atoms with van der Waals surface area (Å²) in [6.07, 6.45) is -0.499. The van der Waals surface area contributed by atoms with Crippen molar-refractivity contribution in [3.8, 4) is 34.6 Å². The van der Waals surface area contributed by atoms with Crippen LogP contribution in [0.3, 0.4) is 0 Å². The van der Waals surface area contributed by atoms with Crippen LogP contribution in [-0.4, -0.2) is 106 Å². The standard InChI is InChI=1S/C46H53F3N6O4Si/c1-24(2)60(25(3)4,26(5)6)17-16-32-34(48)14-12-29-10-9-11-33(36(29)32)39-38(49)40-37-42(52-44(51-40)58-23-46-18-27(7)20-53(46)21-30(47)19-46)54-22-31-13-15-35(55(31)45(56)57)41(54)28(8)59-43(37)50-39/h9-12,14,24-26,28,30-31,35,41H,7,13,15,18-23H2,1-6,8H3,(H,56,57)/t28?,30-,31?,35?,41?,46?/m1/s1. The number of amides is 1. The van der Waals surface area contributed by atoms with Crippen molar-refractivity contribution < 1.29 is 32.5 Å². The summed E-state index contributed by atoms with van der Waals surface area (Å²) >= 11 is 0. The van der Waals surface area contributed by atoms with Gasteiger partial charge < -0.3 is 19.5 Å². The summed E-state index contributed by atoms with van der Waals surface area (Å²) in [6, 6.07) is 7.13. The van der Waals surface area contributed by atoms with Crippen molar-refractivity contribution in [2.45, 2.75) is 127 Å². The second-order valence-corrected chi connectivity index (χ2v) is 24.3. The molecule has 1 amide bonds. The van der Waals surface area contributed by atoms with Crippen LogP contribution in [0.4, 0.5) is 23.8 Å². The summed E-state index contributed by atoms with van der Waals surface area (Å²) in [5, 5.41) is 11.6. The molecule has 6 atom stereocenters. The van der Waals surface area contributed by atoms with E-state index in [1.165, 1.54) is 11.0 Å². The summed E-state index contributed by atoms with van der Waals surface area (Å²) < 4.78 is 62.0. The smallest absolute Gasteiger partial charge is 0.407 e. The second kappa shape index (κ2) is 14.6. The number of carboxylic acid groups (broad SMARTS) is 1. The van der Waals surface area contributed by atoms with Gasteiger partial charge in [0.05, 0.1) is 29.2 Å². The van der Waals surface area contributed by atoms with Crippen LogP contribution in [0.5, 0.6) is 11.9 Å². The lowest BCUT2D eigenvalue weighted by atomic mass is 9.93. The van der Waals surface area contributed by atoms with Gasteiger partial charge in [0, 0.05) is 37.0 Å². The largest absolute Gasteiger partial charge is 0.472 e. The van der Waals surface area contributed by atoms with Gasteiger partial charge in [0.2, 0.25) is 5.88 Å². The highest BCUT2D eigenvalue weighted by Gasteiger charge is 2.54. The predicted molar refractivity (Wildman–Crippen MR) is 229 cm³/mol. The molecule has 2 aromatic heterocycles. The van der Waals surface area contributed by atoms with Gasteiger partial charge in [-0.3, -0.25) is 9.80 Å². The third-order valence-corrected chi connectivity index (χ3v) is 20.7. The normalized spacial score (nSPS) is 26.1. The molecule has 5 unspecified atom stereocenters. The zero-order valence-corrected chi connectivity index (χ0v) is 36.4. The Kier molecular flexibility index (Phi) is 9.89. The van der Waals surface area contributed by atoms with Gasteiger partial charge in [-0.15, -0.1) is 5.54 Å². The molecule has 5 aliphatic heterocycles. The number of carbonyl (C=O) groups is 1. The Labute approximate surface area is 350 Å². The number of piperazine rings is 1. The van der Waals surface area contributed by atoms with Crippen LogP contribution in [-0.2, 0) is 0 Å². The van der Waals surface area contributed by atoms with Crippen molar-refractivity contribution in [3.05, 3.63) is 59.7 Å². The van der Waals surface area contributed by atoms with Gasteiger partial charge in [-0.25, -0.2) is 22.9 Å². The number of fused-ring (bicyclic) bond motifs is 7. The average molecular weight is 839 g/mol. The summed E-state index contributed by atoms with van der Waals surface area (Å²) in [5.41, 5.74) is 5.27. The molecular formula is C46H53F3N6O4Si. The Morgan fingerprint density at radius 1 is 1.05 bits per heavy atom. The van der Waals surface area contributed by atoms with E-state index >= 15 is 8.78 Å². The minimum atomic E-state index is -2.31. The number of pyridine rings is 1. The van der Waals surface area contributed by atoms with Crippen LogP contribution in [0.25, 0.3) is 32.9 Å². The molecule has 14 heteroatoms. The lowest BCUT2D eigenvalue weighted by molar-refractivity contribution is 0.0706. The van der Waals surface area contributed by atoms with Gasteiger partial charge in [0.1, 0.15) is 55.2 Å². The van der Waals surface area contributed by atoms with Gasteiger partial charge >= 0.3 is 12.1 Å². The zero-order chi connectivity index (χ0) is 42.6. The minimum Gasteiger partial charge on any atom is -0.472 e. The molecule has 4 saturated heterocycles. The van der Waals surface area contributed by atoms with Gasteiger partial charge in [-0.1, -0.05) is 83.9 Å². The molecule has 2 bridgehead atoms. The van der Waals surface area contributed by atoms with Gasteiger partial charge in [0.15, 0.2) is 5.82 Å². The quantitative estimate of drug-likeness (QED) is 0.111. The van der Waals surface area contributed by atoms with Crippen LogP contribution in [0.2, 0.25) is 16.6 Å². The fourth-order valence-corrected chi connectivity index (χ4v) is 17.1. The molecule has 4 aromatic rings. The number of hydrogen-bond acceptors (Lipinski definition) is 8. The van der Waals surface area contributed by atoms with E-state index < -0.39 is 55.7 Å². The summed E-state index contributed by atoms with van der Waals surface area (Å²) in [4.78, 5) is 32.8. The van der Waals surface area contributed by atoms with Crippen molar-refractivity contribution in [3.63, 3.8) is 0 Å². The van der Waals surface area contributed by atoms with Crippen LogP contribution >= 0.6 is 0 Å². The Morgan fingerprint density at radius 3 is 2.52 bits per heavy atom. The van der Waals surface area contributed by atoms with Crippen LogP contribution in [0, 0.1) is 23.1 Å². The number of aromatic nitrogens is 3. The lowest BCUT2D eigenvalue weighted by Gasteiger charge is -2.47. The van der Waals surface area contributed by atoms with E-state index in [2.05, 4.69) is 64.5 Å². The minimum absolute atomic E-state index is 0.0662. The molecule has 9 rings (SSSR count). The Hall–Kier alpha value is -4.87. The number of alkyl halides is 1. The fraction of sp³-hybridized carbons (Fsp3) is 0.522. The molecule has 10 nitrogen and oxygen atoms in total.